The van der Waals surface area contributed by atoms with Gasteiger partial charge in [-0.3, -0.25) is 9.67 Å². The standard InChI is InChI=1S/C27H17ClF6N10O/c28-19-3-5-21(43-14-36-39-40-43)24(25(19)29)16-2-4-20(44(45)13-16)22(7-15-1-6-23(35-8-15)27(32,33)34)41-11-17(9-37-41)18-10-38-42(12-18)26(30)31/h1-6,8-14,22,26H,7H2. The summed E-state index contributed by atoms with van der Waals surface area (Å²) in [6, 6.07) is 6.76. The number of hydrogen-bond donors (Lipinski definition) is 0. The van der Waals surface area contributed by atoms with E-state index in [0.717, 1.165) is 24.7 Å². The van der Waals surface area contributed by atoms with Crippen LogP contribution in [0.4, 0.5) is 26.3 Å². The Balaban J connectivity index is 1.42. The van der Waals surface area contributed by atoms with Crippen LogP contribution >= 0.6 is 11.6 Å². The van der Waals surface area contributed by atoms with Crippen molar-refractivity contribution in [2.24, 2.45) is 0 Å². The van der Waals surface area contributed by atoms with Crippen LogP contribution in [0.5, 0.6) is 0 Å². The fourth-order valence-corrected chi connectivity index (χ4v) is 4.85. The van der Waals surface area contributed by atoms with Gasteiger partial charge in [-0.2, -0.15) is 41.6 Å². The number of pyridine rings is 2. The van der Waals surface area contributed by atoms with E-state index in [1.807, 2.05) is 0 Å². The van der Waals surface area contributed by atoms with Gasteiger partial charge in [0.1, 0.15) is 18.1 Å². The zero-order valence-corrected chi connectivity index (χ0v) is 23.1. The number of alkyl halides is 5. The summed E-state index contributed by atoms with van der Waals surface area (Å²) in [7, 11) is 0. The maximum absolute atomic E-state index is 15.3. The smallest absolute Gasteiger partial charge is 0.433 e. The van der Waals surface area contributed by atoms with Crippen molar-refractivity contribution in [3.05, 3.63) is 113 Å². The number of aromatic nitrogens is 10. The van der Waals surface area contributed by atoms with Crippen LogP contribution in [-0.4, -0.2) is 44.8 Å². The maximum atomic E-state index is 15.3. The first-order valence-corrected chi connectivity index (χ1v) is 13.2. The van der Waals surface area contributed by atoms with E-state index in [4.69, 9.17) is 11.6 Å². The van der Waals surface area contributed by atoms with Crippen molar-refractivity contribution in [1.82, 2.24) is 44.8 Å². The Morgan fingerprint density at radius 3 is 2.24 bits per heavy atom. The Kier molecular flexibility index (Phi) is 7.69. The molecule has 18 heteroatoms. The van der Waals surface area contributed by atoms with Crippen molar-refractivity contribution in [3.63, 3.8) is 0 Å². The first-order chi connectivity index (χ1) is 21.5. The summed E-state index contributed by atoms with van der Waals surface area (Å²) in [6.07, 6.45) is 3.86. The molecule has 6 rings (SSSR count). The monoisotopic (exact) mass is 646 g/mol. The molecule has 0 radical (unpaired) electrons. The zero-order chi connectivity index (χ0) is 31.9. The van der Waals surface area contributed by atoms with Crippen LogP contribution in [0.1, 0.15) is 29.5 Å². The predicted molar refractivity (Wildman–Crippen MR) is 144 cm³/mol. The Hall–Kier alpha value is -5.32. The van der Waals surface area contributed by atoms with Crippen LogP contribution in [-0.2, 0) is 12.6 Å². The third-order valence-electron chi connectivity index (χ3n) is 6.84. The molecule has 11 nitrogen and oxygen atoms in total. The summed E-state index contributed by atoms with van der Waals surface area (Å²) >= 11 is 6.04. The molecule has 0 aliphatic rings. The summed E-state index contributed by atoms with van der Waals surface area (Å²) in [4.78, 5) is 3.50. The maximum Gasteiger partial charge on any atom is 0.433 e. The molecule has 0 spiro atoms. The largest absolute Gasteiger partial charge is 0.618 e. The second-order valence-electron chi connectivity index (χ2n) is 9.64. The molecule has 1 unspecified atom stereocenters. The minimum Gasteiger partial charge on any atom is -0.618 e. The molecule has 230 valence electrons. The Bertz CT molecular complexity index is 1960. The second-order valence-corrected chi connectivity index (χ2v) is 10.1. The van der Waals surface area contributed by atoms with Gasteiger partial charge in [0.05, 0.1) is 34.2 Å². The second kappa shape index (κ2) is 11.6. The van der Waals surface area contributed by atoms with Gasteiger partial charge in [-0.15, -0.1) is 5.10 Å². The lowest BCUT2D eigenvalue weighted by Gasteiger charge is -2.18. The number of tetrazole rings is 1. The lowest BCUT2D eigenvalue weighted by Crippen LogP contribution is -2.36. The van der Waals surface area contributed by atoms with Crippen LogP contribution in [0.15, 0.2) is 79.9 Å². The van der Waals surface area contributed by atoms with E-state index in [-0.39, 0.29) is 34.0 Å². The fraction of sp³-hybridized carbons (Fsp3) is 0.148. The normalized spacial score (nSPS) is 12.6. The Labute approximate surface area is 253 Å². The predicted octanol–water partition coefficient (Wildman–Crippen LogP) is 5.46. The van der Waals surface area contributed by atoms with Gasteiger partial charge in [-0.05, 0) is 40.3 Å². The molecular weight excluding hydrogens is 630 g/mol. The molecule has 0 amide bonds. The van der Waals surface area contributed by atoms with Crippen molar-refractivity contribution in [3.8, 4) is 27.9 Å². The van der Waals surface area contributed by atoms with Gasteiger partial charge < -0.3 is 5.21 Å². The minimum absolute atomic E-state index is 0.0501. The summed E-state index contributed by atoms with van der Waals surface area (Å²) in [5.41, 5.74) is 0.270. The first kappa shape index (κ1) is 29.7. The average molecular weight is 647 g/mol. The van der Waals surface area contributed by atoms with Crippen molar-refractivity contribution in [2.75, 3.05) is 0 Å². The number of hydrogen-bond acceptors (Lipinski definition) is 7. The lowest BCUT2D eigenvalue weighted by molar-refractivity contribution is -0.615. The highest BCUT2D eigenvalue weighted by molar-refractivity contribution is 6.31. The van der Waals surface area contributed by atoms with Crippen molar-refractivity contribution in [1.29, 1.82) is 0 Å². The van der Waals surface area contributed by atoms with Gasteiger partial charge >= 0.3 is 12.7 Å². The average Bonchev–Trinajstić information content (AvgIpc) is 3.79. The molecule has 0 aliphatic carbocycles. The van der Waals surface area contributed by atoms with Crippen LogP contribution in [0.25, 0.3) is 27.9 Å². The van der Waals surface area contributed by atoms with E-state index in [2.05, 4.69) is 30.7 Å². The molecule has 0 aliphatic heterocycles. The molecule has 0 fully saturated rings. The summed E-state index contributed by atoms with van der Waals surface area (Å²) < 4.78 is 84.3. The fourth-order valence-electron chi connectivity index (χ4n) is 4.70. The van der Waals surface area contributed by atoms with Gasteiger partial charge in [-0.25, -0.2) is 9.07 Å². The molecule has 45 heavy (non-hydrogen) atoms. The molecule has 0 saturated heterocycles. The van der Waals surface area contributed by atoms with Gasteiger partial charge in [0.25, 0.3) is 0 Å². The molecule has 5 heterocycles. The molecule has 1 atom stereocenters. The molecule has 0 saturated carbocycles. The van der Waals surface area contributed by atoms with Crippen molar-refractivity contribution in [2.45, 2.75) is 25.2 Å². The van der Waals surface area contributed by atoms with E-state index in [0.29, 0.717) is 26.1 Å². The van der Waals surface area contributed by atoms with E-state index in [1.54, 1.807) is 0 Å². The van der Waals surface area contributed by atoms with Crippen LogP contribution in [0, 0.1) is 11.0 Å². The van der Waals surface area contributed by atoms with E-state index in [9.17, 15) is 27.2 Å². The summed E-state index contributed by atoms with van der Waals surface area (Å²) in [5.74, 6) is -0.828. The Morgan fingerprint density at radius 1 is 0.911 bits per heavy atom. The zero-order valence-electron chi connectivity index (χ0n) is 22.4. The van der Waals surface area contributed by atoms with Gasteiger partial charge in [-0.1, -0.05) is 17.7 Å². The molecule has 1 aromatic carbocycles. The summed E-state index contributed by atoms with van der Waals surface area (Å²) in [6.45, 7) is -2.86. The van der Waals surface area contributed by atoms with Crippen LogP contribution in [0.2, 0.25) is 5.02 Å². The van der Waals surface area contributed by atoms with E-state index in [1.165, 1.54) is 64.6 Å². The molecule has 5 aromatic heterocycles. The highest BCUT2D eigenvalue weighted by atomic mass is 35.5. The van der Waals surface area contributed by atoms with E-state index < -0.39 is 30.3 Å². The third-order valence-corrected chi connectivity index (χ3v) is 7.14. The molecule has 0 N–H and O–H groups in total. The number of rotatable bonds is 8. The number of benzene rings is 1. The van der Waals surface area contributed by atoms with Crippen LogP contribution in [0.3, 0.4) is 0 Å². The first-order valence-electron chi connectivity index (χ1n) is 12.8. The Morgan fingerprint density at radius 2 is 1.64 bits per heavy atom. The topological polar surface area (TPSA) is 119 Å². The lowest BCUT2D eigenvalue weighted by atomic mass is 10.0. The highest BCUT2D eigenvalue weighted by Crippen LogP contribution is 2.34. The summed E-state index contributed by atoms with van der Waals surface area (Å²) in [5, 5.41) is 32.2. The molecular formula is C27H17ClF6N10O. The van der Waals surface area contributed by atoms with Gasteiger partial charge in [0, 0.05) is 42.2 Å². The third kappa shape index (κ3) is 5.93. The van der Waals surface area contributed by atoms with E-state index >= 15 is 4.39 Å². The quantitative estimate of drug-likeness (QED) is 0.122. The minimum atomic E-state index is -4.65. The van der Waals surface area contributed by atoms with Crippen LogP contribution < -0.4 is 4.73 Å². The van der Waals surface area contributed by atoms with Gasteiger partial charge in [0.15, 0.2) is 12.0 Å². The molecule has 0 bridgehead atoms. The van der Waals surface area contributed by atoms with Crippen molar-refractivity contribution >= 4 is 11.6 Å². The molecule has 6 aromatic rings. The van der Waals surface area contributed by atoms with Crippen molar-refractivity contribution < 1.29 is 31.1 Å². The SMILES string of the molecule is [O-][n+]1cc(-c2c(-n3cnnn3)ccc(Cl)c2F)ccc1C(Cc1ccc(C(F)(F)F)nc1)n1cc(-c2cnn(C(F)F)c2)cn1. The van der Waals surface area contributed by atoms with Gasteiger partial charge in [0.2, 0.25) is 5.69 Å². The number of nitrogens with zero attached hydrogens (tertiary/aromatic N) is 10. The highest BCUT2D eigenvalue weighted by Gasteiger charge is 2.32. The number of halogens is 7.